The van der Waals surface area contributed by atoms with Crippen LogP contribution in [0.3, 0.4) is 0 Å². The molecule has 9 heteroatoms. The molecule has 1 aliphatic rings. The van der Waals surface area contributed by atoms with E-state index in [-0.39, 0.29) is 19.0 Å². The number of ether oxygens (including phenoxy) is 1. The standard InChI is InChI=1S/C15H18F2N4O2S/c1-9-11(21-14(18-9)24-12(19-21)8-23-3)7-20-6-10(4-13(20)22)5-15(2,16)17/h4H,5-8H2,1-3H3. The number of amides is 1. The quantitative estimate of drug-likeness (QED) is 0.798. The van der Waals surface area contributed by atoms with E-state index in [1.54, 1.807) is 11.6 Å². The molecule has 0 fully saturated rings. The molecule has 1 amide bonds. The van der Waals surface area contributed by atoms with Crippen molar-refractivity contribution < 1.29 is 18.3 Å². The maximum absolute atomic E-state index is 13.1. The van der Waals surface area contributed by atoms with E-state index in [0.717, 1.165) is 28.3 Å². The fourth-order valence-electron chi connectivity index (χ4n) is 2.75. The van der Waals surface area contributed by atoms with Gasteiger partial charge in [0.15, 0.2) is 0 Å². The van der Waals surface area contributed by atoms with Crippen molar-refractivity contribution in [3.05, 3.63) is 28.0 Å². The van der Waals surface area contributed by atoms with E-state index < -0.39 is 12.3 Å². The Kier molecular flexibility index (Phi) is 4.39. The van der Waals surface area contributed by atoms with Gasteiger partial charge in [0.25, 0.3) is 0 Å². The van der Waals surface area contributed by atoms with Crippen molar-refractivity contribution in [2.75, 3.05) is 13.7 Å². The summed E-state index contributed by atoms with van der Waals surface area (Å²) in [7, 11) is 1.59. The first-order chi connectivity index (χ1) is 11.3. The molecule has 0 unspecified atom stereocenters. The van der Waals surface area contributed by atoms with Crippen molar-refractivity contribution in [1.29, 1.82) is 0 Å². The van der Waals surface area contributed by atoms with Crippen LogP contribution in [-0.4, -0.2) is 45.0 Å². The maximum Gasteiger partial charge on any atom is 0.249 e. The summed E-state index contributed by atoms with van der Waals surface area (Å²) in [6, 6.07) is 0. The topological polar surface area (TPSA) is 59.7 Å². The molecule has 0 bridgehead atoms. The average Bonchev–Trinajstić information content (AvgIpc) is 3.05. The van der Waals surface area contributed by atoms with Crippen molar-refractivity contribution in [3.63, 3.8) is 0 Å². The third kappa shape index (κ3) is 3.46. The van der Waals surface area contributed by atoms with Gasteiger partial charge in [-0.1, -0.05) is 11.3 Å². The van der Waals surface area contributed by atoms with Gasteiger partial charge in [-0.3, -0.25) is 4.79 Å². The molecule has 0 aromatic carbocycles. The summed E-state index contributed by atoms with van der Waals surface area (Å²) >= 11 is 1.42. The summed E-state index contributed by atoms with van der Waals surface area (Å²) in [5.74, 6) is -3.07. The van der Waals surface area contributed by atoms with E-state index in [2.05, 4.69) is 10.1 Å². The van der Waals surface area contributed by atoms with Crippen LogP contribution in [0.1, 0.15) is 29.7 Å². The molecule has 0 spiro atoms. The van der Waals surface area contributed by atoms with Crippen LogP contribution in [0.25, 0.3) is 4.96 Å². The highest BCUT2D eigenvalue weighted by Crippen LogP contribution is 2.27. The minimum Gasteiger partial charge on any atom is -0.377 e. The lowest BCUT2D eigenvalue weighted by atomic mass is 10.1. The van der Waals surface area contributed by atoms with Crippen LogP contribution in [0.5, 0.6) is 0 Å². The zero-order valence-corrected chi connectivity index (χ0v) is 14.5. The smallest absolute Gasteiger partial charge is 0.249 e. The summed E-state index contributed by atoms with van der Waals surface area (Å²) in [4.78, 5) is 18.8. The first-order valence-corrected chi connectivity index (χ1v) is 8.27. The Balaban J connectivity index is 1.78. The van der Waals surface area contributed by atoms with Crippen molar-refractivity contribution in [2.45, 2.75) is 39.3 Å². The molecule has 3 heterocycles. The Morgan fingerprint density at radius 2 is 2.21 bits per heavy atom. The molecule has 0 N–H and O–H groups in total. The number of rotatable bonds is 6. The second kappa shape index (κ2) is 6.21. The van der Waals surface area contributed by atoms with Gasteiger partial charge in [0, 0.05) is 26.2 Å². The summed E-state index contributed by atoms with van der Waals surface area (Å²) in [5, 5.41) is 5.23. The highest BCUT2D eigenvalue weighted by molar-refractivity contribution is 7.16. The molecular formula is C15H18F2N4O2S. The fraction of sp³-hybridized carbons (Fsp3) is 0.533. The number of carbonyl (C=O) groups excluding carboxylic acids is 1. The highest BCUT2D eigenvalue weighted by atomic mass is 32.1. The highest BCUT2D eigenvalue weighted by Gasteiger charge is 2.30. The van der Waals surface area contributed by atoms with Crippen LogP contribution >= 0.6 is 11.3 Å². The van der Waals surface area contributed by atoms with Crippen molar-refractivity contribution in [3.8, 4) is 0 Å². The Labute approximate surface area is 141 Å². The first kappa shape index (κ1) is 17.0. The predicted molar refractivity (Wildman–Crippen MR) is 85.1 cm³/mol. The lowest BCUT2D eigenvalue weighted by Gasteiger charge is -2.17. The zero-order valence-electron chi connectivity index (χ0n) is 13.7. The first-order valence-electron chi connectivity index (χ1n) is 7.46. The number of hydrogen-bond donors (Lipinski definition) is 0. The van der Waals surface area contributed by atoms with E-state index in [0.29, 0.717) is 12.2 Å². The molecule has 0 atom stereocenters. The van der Waals surface area contributed by atoms with Gasteiger partial charge in [-0.05, 0) is 19.4 Å². The summed E-state index contributed by atoms with van der Waals surface area (Å²) in [6.45, 7) is 3.60. The lowest BCUT2D eigenvalue weighted by molar-refractivity contribution is -0.125. The third-order valence-corrected chi connectivity index (χ3v) is 4.60. The number of aromatic nitrogens is 3. The Bertz CT molecular complexity index is 806. The largest absolute Gasteiger partial charge is 0.377 e. The molecule has 0 radical (unpaired) electrons. The average molecular weight is 356 g/mol. The van der Waals surface area contributed by atoms with Gasteiger partial charge < -0.3 is 9.64 Å². The number of nitrogens with zero attached hydrogens (tertiary/aromatic N) is 4. The van der Waals surface area contributed by atoms with E-state index in [9.17, 15) is 13.6 Å². The second-order valence-corrected chi connectivity index (χ2v) is 7.05. The van der Waals surface area contributed by atoms with Gasteiger partial charge in [0.2, 0.25) is 16.8 Å². The SMILES string of the molecule is COCc1nn2c(CN3CC(CC(C)(F)F)=CC3=O)c(C)nc2s1. The Morgan fingerprint density at radius 1 is 1.46 bits per heavy atom. The molecule has 0 saturated heterocycles. The van der Waals surface area contributed by atoms with E-state index in [4.69, 9.17) is 4.74 Å². The van der Waals surface area contributed by atoms with Gasteiger partial charge in [-0.15, -0.1) is 0 Å². The van der Waals surface area contributed by atoms with Crippen molar-refractivity contribution in [2.24, 2.45) is 0 Å². The molecule has 1 aliphatic heterocycles. The maximum atomic E-state index is 13.1. The monoisotopic (exact) mass is 356 g/mol. The zero-order chi connectivity index (χ0) is 17.5. The number of aryl methyl sites for hydroxylation is 1. The molecule has 2 aromatic heterocycles. The number of methoxy groups -OCH3 is 1. The third-order valence-electron chi connectivity index (χ3n) is 3.72. The molecular weight excluding hydrogens is 338 g/mol. The van der Waals surface area contributed by atoms with Crippen LogP contribution in [0, 0.1) is 6.92 Å². The minimum absolute atomic E-state index is 0.212. The number of hydrogen-bond acceptors (Lipinski definition) is 5. The molecule has 0 saturated carbocycles. The van der Waals surface area contributed by atoms with Crippen LogP contribution in [-0.2, 0) is 22.7 Å². The fourth-order valence-corrected chi connectivity index (χ4v) is 3.68. The van der Waals surface area contributed by atoms with Gasteiger partial charge in [0.1, 0.15) is 5.01 Å². The van der Waals surface area contributed by atoms with Crippen LogP contribution in [0.4, 0.5) is 8.78 Å². The molecule has 3 rings (SSSR count). The molecule has 6 nitrogen and oxygen atoms in total. The Hall–Kier alpha value is -1.87. The van der Waals surface area contributed by atoms with Crippen LogP contribution in [0.15, 0.2) is 11.6 Å². The van der Waals surface area contributed by atoms with E-state index >= 15 is 0 Å². The number of fused-ring (bicyclic) bond motifs is 1. The summed E-state index contributed by atoms with van der Waals surface area (Å²) in [5.41, 5.74) is 2.01. The minimum atomic E-state index is -2.81. The lowest BCUT2D eigenvalue weighted by Crippen LogP contribution is -2.27. The summed E-state index contributed by atoms with van der Waals surface area (Å²) < 4.78 is 33.1. The van der Waals surface area contributed by atoms with Crippen LogP contribution < -0.4 is 0 Å². The molecule has 0 aliphatic carbocycles. The Morgan fingerprint density at radius 3 is 2.88 bits per heavy atom. The van der Waals surface area contributed by atoms with Gasteiger partial charge in [-0.2, -0.15) is 5.10 Å². The molecule has 24 heavy (non-hydrogen) atoms. The second-order valence-electron chi connectivity index (χ2n) is 6.01. The van der Waals surface area contributed by atoms with Crippen molar-refractivity contribution in [1.82, 2.24) is 19.5 Å². The normalized spacial score (nSPS) is 15.6. The van der Waals surface area contributed by atoms with Crippen LogP contribution in [0.2, 0.25) is 0 Å². The van der Waals surface area contributed by atoms with Crippen molar-refractivity contribution >= 4 is 22.2 Å². The summed E-state index contributed by atoms with van der Waals surface area (Å²) in [6.07, 6.45) is 0.910. The predicted octanol–water partition coefficient (Wildman–Crippen LogP) is 2.56. The van der Waals surface area contributed by atoms with E-state index in [1.165, 1.54) is 22.3 Å². The van der Waals surface area contributed by atoms with E-state index in [1.807, 2.05) is 6.92 Å². The number of imidazole rings is 1. The molecule has 130 valence electrons. The van der Waals surface area contributed by atoms with Gasteiger partial charge >= 0.3 is 0 Å². The number of halogens is 2. The molecule has 2 aromatic rings. The number of alkyl halides is 2. The van der Waals surface area contributed by atoms with Gasteiger partial charge in [-0.25, -0.2) is 18.3 Å². The number of carbonyl (C=O) groups is 1. The van der Waals surface area contributed by atoms with Gasteiger partial charge in [0.05, 0.1) is 24.5 Å².